The molecular weight excluding hydrogens is 388 g/mol. The van der Waals surface area contributed by atoms with Crippen molar-refractivity contribution in [3.8, 4) is 0 Å². The number of benzene rings is 2. The molecule has 0 aliphatic carbocycles. The van der Waals surface area contributed by atoms with Crippen molar-refractivity contribution in [2.75, 3.05) is 19.6 Å². The first-order valence-corrected chi connectivity index (χ1v) is 9.70. The Morgan fingerprint density at radius 3 is 1.90 bits per heavy atom. The minimum atomic E-state index is -1.21. The summed E-state index contributed by atoms with van der Waals surface area (Å²) >= 11 is 0. The first-order valence-electron chi connectivity index (χ1n) is 9.70. The van der Waals surface area contributed by atoms with Crippen molar-refractivity contribution in [2.45, 2.75) is 25.7 Å². The molecule has 0 aromatic heterocycles. The van der Waals surface area contributed by atoms with Gasteiger partial charge in [-0.25, -0.2) is 14.4 Å². The fourth-order valence-electron chi connectivity index (χ4n) is 3.19. The minimum absolute atomic E-state index is 0.0470. The summed E-state index contributed by atoms with van der Waals surface area (Å²) < 4.78 is 10.6. The van der Waals surface area contributed by atoms with E-state index in [1.54, 1.807) is 0 Å². The molecule has 0 saturated carbocycles. The van der Waals surface area contributed by atoms with Crippen molar-refractivity contribution >= 4 is 18.2 Å². The molecule has 1 fully saturated rings. The maximum absolute atomic E-state index is 12.5. The zero-order valence-corrected chi connectivity index (χ0v) is 16.5. The number of ether oxygens (including phenoxy) is 2. The Morgan fingerprint density at radius 1 is 0.833 bits per heavy atom. The highest BCUT2D eigenvalue weighted by Gasteiger charge is 2.36. The average Bonchev–Trinajstić information content (AvgIpc) is 3.01. The van der Waals surface area contributed by atoms with Crippen LogP contribution in [-0.4, -0.2) is 58.7 Å². The fourth-order valence-corrected chi connectivity index (χ4v) is 3.19. The first kappa shape index (κ1) is 21.2. The lowest BCUT2D eigenvalue weighted by molar-refractivity contribution is -0.142. The van der Waals surface area contributed by atoms with Crippen LogP contribution >= 0.6 is 0 Å². The van der Waals surface area contributed by atoms with Crippen molar-refractivity contribution in [3.63, 3.8) is 0 Å². The minimum Gasteiger partial charge on any atom is -0.480 e. The molecule has 30 heavy (non-hydrogen) atoms. The second-order valence-electron chi connectivity index (χ2n) is 6.93. The predicted octanol–water partition coefficient (Wildman–Crippen LogP) is 3.12. The molecule has 158 valence electrons. The second kappa shape index (κ2) is 10.3. The van der Waals surface area contributed by atoms with Crippen LogP contribution in [0.4, 0.5) is 9.59 Å². The fraction of sp³-hybridized carbons (Fsp3) is 0.318. The molecule has 1 heterocycles. The molecule has 2 aromatic carbocycles. The number of carbonyl (C=O) groups excluding carboxylic acids is 2. The quantitative estimate of drug-likeness (QED) is 0.811. The van der Waals surface area contributed by atoms with E-state index in [4.69, 9.17) is 9.47 Å². The summed E-state index contributed by atoms with van der Waals surface area (Å²) in [6.45, 7) is 0.443. The molecule has 1 aliphatic heterocycles. The summed E-state index contributed by atoms with van der Waals surface area (Å²) in [6, 6.07) is 17.1. The van der Waals surface area contributed by atoms with Crippen LogP contribution in [0, 0.1) is 0 Å². The maximum Gasteiger partial charge on any atom is 0.410 e. The molecule has 1 aliphatic rings. The van der Waals surface area contributed by atoms with Gasteiger partial charge in [-0.15, -0.1) is 0 Å². The van der Waals surface area contributed by atoms with Gasteiger partial charge in [0.25, 0.3) is 0 Å². The van der Waals surface area contributed by atoms with Crippen LogP contribution in [0.3, 0.4) is 0 Å². The molecule has 0 unspecified atom stereocenters. The van der Waals surface area contributed by atoms with Gasteiger partial charge in [0.15, 0.2) is 6.04 Å². The van der Waals surface area contributed by atoms with E-state index in [0.717, 1.165) is 16.0 Å². The third-order valence-electron chi connectivity index (χ3n) is 4.78. The van der Waals surface area contributed by atoms with Gasteiger partial charge >= 0.3 is 18.2 Å². The van der Waals surface area contributed by atoms with E-state index in [2.05, 4.69) is 0 Å². The van der Waals surface area contributed by atoms with Crippen LogP contribution in [0.1, 0.15) is 17.5 Å². The number of carboxylic acids is 1. The Kier molecular flexibility index (Phi) is 7.26. The number of amides is 2. The van der Waals surface area contributed by atoms with Crippen molar-refractivity contribution in [2.24, 2.45) is 0 Å². The van der Waals surface area contributed by atoms with Crippen LogP contribution in [0.5, 0.6) is 0 Å². The normalized spacial score (nSPS) is 16.5. The van der Waals surface area contributed by atoms with Crippen molar-refractivity contribution in [1.29, 1.82) is 0 Å². The van der Waals surface area contributed by atoms with Gasteiger partial charge in [0.2, 0.25) is 0 Å². The number of hydrogen-bond acceptors (Lipinski definition) is 5. The van der Waals surface area contributed by atoms with Gasteiger partial charge in [0.1, 0.15) is 13.2 Å². The van der Waals surface area contributed by atoms with E-state index >= 15 is 0 Å². The third-order valence-corrected chi connectivity index (χ3v) is 4.78. The summed E-state index contributed by atoms with van der Waals surface area (Å²) in [5, 5.41) is 9.65. The van der Waals surface area contributed by atoms with Crippen LogP contribution in [0.2, 0.25) is 0 Å². The van der Waals surface area contributed by atoms with Gasteiger partial charge in [0, 0.05) is 13.1 Å². The number of hydrogen-bond donors (Lipinski definition) is 1. The molecule has 8 heteroatoms. The van der Waals surface area contributed by atoms with Gasteiger partial charge < -0.3 is 19.5 Å². The highest BCUT2D eigenvalue weighted by Crippen LogP contribution is 2.15. The van der Waals surface area contributed by atoms with E-state index in [1.165, 1.54) is 4.90 Å². The smallest absolute Gasteiger partial charge is 0.410 e. The molecule has 1 N–H and O–H groups in total. The van der Waals surface area contributed by atoms with E-state index in [-0.39, 0.29) is 26.3 Å². The molecule has 0 radical (unpaired) electrons. The number of carbonyl (C=O) groups is 3. The van der Waals surface area contributed by atoms with E-state index in [9.17, 15) is 19.5 Å². The summed E-state index contributed by atoms with van der Waals surface area (Å²) in [5.41, 5.74) is 1.64. The molecule has 8 nitrogen and oxygen atoms in total. The van der Waals surface area contributed by atoms with Crippen LogP contribution in [0.15, 0.2) is 60.7 Å². The van der Waals surface area contributed by atoms with E-state index in [1.807, 2.05) is 60.7 Å². The van der Waals surface area contributed by atoms with Crippen LogP contribution in [0.25, 0.3) is 0 Å². The highest BCUT2D eigenvalue weighted by molar-refractivity contribution is 5.81. The number of aliphatic carboxylic acids is 1. The predicted molar refractivity (Wildman–Crippen MR) is 108 cm³/mol. The molecule has 3 rings (SSSR count). The first-order chi connectivity index (χ1) is 14.5. The largest absolute Gasteiger partial charge is 0.480 e. The third kappa shape index (κ3) is 5.73. The Labute approximate surface area is 174 Å². The van der Waals surface area contributed by atoms with Gasteiger partial charge in [0.05, 0.1) is 6.54 Å². The summed E-state index contributed by atoms with van der Waals surface area (Å²) in [7, 11) is 0. The van der Waals surface area contributed by atoms with Crippen molar-refractivity contribution in [3.05, 3.63) is 71.8 Å². The lowest BCUT2D eigenvalue weighted by atomic mass is 10.2. The Bertz CT molecular complexity index is 858. The molecule has 1 atom stereocenters. The maximum atomic E-state index is 12.5. The van der Waals surface area contributed by atoms with Crippen molar-refractivity contribution < 1.29 is 29.0 Å². The van der Waals surface area contributed by atoms with Gasteiger partial charge in [-0.05, 0) is 17.5 Å². The number of nitrogens with zero attached hydrogens (tertiary/aromatic N) is 2. The monoisotopic (exact) mass is 412 g/mol. The van der Waals surface area contributed by atoms with E-state index < -0.39 is 24.2 Å². The molecule has 0 bridgehead atoms. The van der Waals surface area contributed by atoms with Gasteiger partial charge in [-0.1, -0.05) is 60.7 Å². The van der Waals surface area contributed by atoms with Crippen LogP contribution in [-0.2, 0) is 27.5 Å². The topological polar surface area (TPSA) is 96.4 Å². The Morgan fingerprint density at radius 2 is 1.37 bits per heavy atom. The van der Waals surface area contributed by atoms with Gasteiger partial charge in [-0.3, -0.25) is 4.90 Å². The lowest BCUT2D eigenvalue weighted by Gasteiger charge is -2.27. The van der Waals surface area contributed by atoms with Crippen molar-refractivity contribution in [1.82, 2.24) is 9.80 Å². The van der Waals surface area contributed by atoms with Crippen LogP contribution < -0.4 is 0 Å². The van der Waals surface area contributed by atoms with Gasteiger partial charge in [-0.2, -0.15) is 0 Å². The summed E-state index contributed by atoms with van der Waals surface area (Å²) in [4.78, 5) is 39.3. The Balaban J connectivity index is 1.60. The molecule has 0 spiro atoms. The summed E-state index contributed by atoms with van der Waals surface area (Å²) in [5.74, 6) is -1.20. The van der Waals surface area contributed by atoms with E-state index in [0.29, 0.717) is 13.0 Å². The SMILES string of the molecule is O=C(O)[C@H]1CN(C(=O)OCc2ccccc2)CCCN1C(=O)OCc1ccccc1. The number of carboxylic acid groups (broad SMARTS) is 1. The zero-order chi connectivity index (χ0) is 21.3. The Hall–Kier alpha value is -3.55. The molecule has 2 aromatic rings. The molecule has 1 saturated heterocycles. The zero-order valence-electron chi connectivity index (χ0n) is 16.5. The highest BCUT2D eigenvalue weighted by atomic mass is 16.6. The standard InChI is InChI=1S/C22H24N2O6/c25-20(26)19-14-23(21(27)29-15-17-8-3-1-4-9-17)12-7-13-24(19)22(28)30-16-18-10-5-2-6-11-18/h1-6,8-11,19H,7,12-16H2,(H,25,26)/t19-/m1/s1. The average molecular weight is 412 g/mol. The number of rotatable bonds is 5. The molecular formula is C22H24N2O6. The summed E-state index contributed by atoms with van der Waals surface area (Å²) in [6.07, 6.45) is -0.902. The lowest BCUT2D eigenvalue weighted by Crippen LogP contribution is -2.50. The molecule has 2 amide bonds. The second-order valence-corrected chi connectivity index (χ2v) is 6.93.